The van der Waals surface area contributed by atoms with Gasteiger partial charge in [-0.25, -0.2) is 13.3 Å². The van der Waals surface area contributed by atoms with Gasteiger partial charge in [0.1, 0.15) is 22.9 Å². The molecule has 28 heavy (non-hydrogen) atoms. The van der Waals surface area contributed by atoms with E-state index >= 15 is 0 Å². The van der Waals surface area contributed by atoms with Gasteiger partial charge in [0.05, 0.1) is 10.5 Å². The van der Waals surface area contributed by atoms with Gasteiger partial charge in [-0.15, -0.1) is 0 Å². The maximum absolute atomic E-state index is 13.6. The quantitative estimate of drug-likeness (QED) is 0.657. The molecule has 1 unspecified atom stereocenters. The minimum atomic E-state index is -1.34. The van der Waals surface area contributed by atoms with Crippen LogP contribution in [0.4, 0.5) is 4.39 Å². The summed E-state index contributed by atoms with van der Waals surface area (Å²) >= 11 is 0. The van der Waals surface area contributed by atoms with E-state index in [0.717, 1.165) is 33.5 Å². The van der Waals surface area contributed by atoms with Crippen molar-refractivity contribution in [2.24, 2.45) is 0 Å². The fourth-order valence-electron chi connectivity index (χ4n) is 3.67. The van der Waals surface area contributed by atoms with Crippen molar-refractivity contribution < 1.29 is 8.60 Å². The van der Waals surface area contributed by atoms with E-state index in [1.165, 1.54) is 12.1 Å². The first-order valence-corrected chi connectivity index (χ1v) is 10.4. The van der Waals surface area contributed by atoms with Crippen LogP contribution in [0.15, 0.2) is 41.4 Å². The van der Waals surface area contributed by atoms with Gasteiger partial charge in [-0.05, 0) is 56.5 Å². The third-order valence-corrected chi connectivity index (χ3v) is 6.50. The highest BCUT2D eigenvalue weighted by Gasteiger charge is 2.18. The zero-order valence-electron chi connectivity index (χ0n) is 16.5. The molecule has 2 aromatic carbocycles. The Morgan fingerprint density at radius 3 is 2.50 bits per heavy atom. The van der Waals surface area contributed by atoms with Crippen molar-refractivity contribution in [1.82, 2.24) is 9.29 Å². The lowest BCUT2D eigenvalue weighted by atomic mass is 10.1. The smallest absolute Gasteiger partial charge is 0.125 e. The fourth-order valence-corrected chi connectivity index (χ4v) is 5.03. The maximum Gasteiger partial charge on any atom is 0.125 e. The lowest BCUT2D eigenvalue weighted by Gasteiger charge is -2.19. The van der Waals surface area contributed by atoms with Gasteiger partial charge in [0, 0.05) is 29.7 Å². The molecule has 0 saturated carbocycles. The van der Waals surface area contributed by atoms with E-state index in [1.54, 1.807) is 12.3 Å². The number of nitrogens with one attached hydrogen (secondary N) is 1. The molecule has 0 saturated heterocycles. The molecule has 1 N–H and O–H groups in total. The van der Waals surface area contributed by atoms with Gasteiger partial charge < -0.3 is 4.57 Å². The summed E-state index contributed by atoms with van der Waals surface area (Å²) < 4.78 is 31.8. The molecule has 4 nitrogen and oxygen atoms in total. The van der Waals surface area contributed by atoms with Gasteiger partial charge in [0.25, 0.3) is 0 Å². The largest absolute Gasteiger partial charge is 0.345 e. The van der Waals surface area contributed by atoms with Crippen molar-refractivity contribution in [1.29, 1.82) is 5.26 Å². The number of nitriles is 1. The summed E-state index contributed by atoms with van der Waals surface area (Å²) in [4.78, 5) is 0.821. The van der Waals surface area contributed by atoms with Crippen molar-refractivity contribution in [3.63, 3.8) is 0 Å². The second kappa shape index (κ2) is 8.26. The third-order valence-electron chi connectivity index (χ3n) is 4.94. The molecule has 0 amide bonds. The molecule has 3 aromatic rings. The summed E-state index contributed by atoms with van der Waals surface area (Å²) in [7, 11) is -1.34. The van der Waals surface area contributed by atoms with Crippen LogP contribution in [0.1, 0.15) is 35.6 Å². The van der Waals surface area contributed by atoms with Crippen molar-refractivity contribution in [3.8, 4) is 6.07 Å². The Balaban J connectivity index is 1.87. The van der Waals surface area contributed by atoms with Crippen LogP contribution in [0.25, 0.3) is 10.9 Å². The Labute approximate surface area is 167 Å². The van der Waals surface area contributed by atoms with Crippen LogP contribution in [0, 0.1) is 37.9 Å². The van der Waals surface area contributed by atoms with Crippen molar-refractivity contribution >= 4 is 21.9 Å². The Hall–Kier alpha value is -2.49. The van der Waals surface area contributed by atoms with Gasteiger partial charge in [-0.2, -0.15) is 5.26 Å². The Kier molecular flexibility index (Phi) is 5.97. The van der Waals surface area contributed by atoms with Gasteiger partial charge in [0.15, 0.2) is 0 Å². The molecule has 0 bridgehead atoms. The number of hydrogen-bond donors (Lipinski definition) is 1. The fraction of sp³-hybridized carbons (Fsp3) is 0.318. The van der Waals surface area contributed by atoms with Gasteiger partial charge in [-0.3, -0.25) is 0 Å². The summed E-state index contributed by atoms with van der Waals surface area (Å²) in [6.07, 6.45) is 2.50. The van der Waals surface area contributed by atoms with Crippen LogP contribution < -0.4 is 4.72 Å². The van der Waals surface area contributed by atoms with Crippen LogP contribution in [-0.2, 0) is 17.5 Å². The second-order valence-electron chi connectivity index (χ2n) is 7.19. The Morgan fingerprint density at radius 1 is 1.21 bits per heavy atom. The number of fused-ring (bicyclic) bond motifs is 1. The molecule has 0 radical (unpaired) electrons. The monoisotopic (exact) mass is 397 g/mol. The normalized spacial score (nSPS) is 13.4. The molecule has 2 atom stereocenters. The zero-order chi connectivity index (χ0) is 20.4. The van der Waals surface area contributed by atoms with Crippen LogP contribution in [0.3, 0.4) is 0 Å². The highest BCUT2D eigenvalue weighted by Crippen LogP contribution is 2.24. The first kappa shape index (κ1) is 20.2. The standard InChI is InChI=1S/C22H24FN3OS/c1-5-19(25-28(27)22-15(3)8-14(2)9-16(22)4)13-26-12-17(11-24)20-10-18(23)6-7-21(20)26/h6-10,12,19,25H,5,13H2,1-4H3/t19-,28?/m0/s1. The number of halogens is 1. The molecule has 146 valence electrons. The van der Waals surface area contributed by atoms with Crippen LogP contribution in [0.5, 0.6) is 0 Å². The Bertz CT molecular complexity index is 1070. The predicted molar refractivity (Wildman–Crippen MR) is 111 cm³/mol. The second-order valence-corrected chi connectivity index (χ2v) is 8.37. The average molecular weight is 398 g/mol. The van der Waals surface area contributed by atoms with E-state index < -0.39 is 11.0 Å². The van der Waals surface area contributed by atoms with Gasteiger partial charge >= 0.3 is 0 Å². The summed E-state index contributed by atoms with van der Waals surface area (Å²) in [6, 6.07) is 10.6. The van der Waals surface area contributed by atoms with Crippen LogP contribution in [-0.4, -0.2) is 14.8 Å². The predicted octanol–water partition coefficient (Wildman–Crippen LogP) is 4.67. The van der Waals surface area contributed by atoms with Gasteiger partial charge in [-0.1, -0.05) is 24.6 Å². The minimum absolute atomic E-state index is 0.0619. The minimum Gasteiger partial charge on any atom is -0.345 e. The zero-order valence-corrected chi connectivity index (χ0v) is 17.4. The lowest BCUT2D eigenvalue weighted by molar-refractivity contribution is 0.511. The topological polar surface area (TPSA) is 57.8 Å². The maximum atomic E-state index is 13.6. The summed E-state index contributed by atoms with van der Waals surface area (Å²) in [5.74, 6) is -0.363. The summed E-state index contributed by atoms with van der Waals surface area (Å²) in [5, 5.41) is 9.96. The number of hydrogen-bond acceptors (Lipinski definition) is 2. The third kappa shape index (κ3) is 4.01. The summed E-state index contributed by atoms with van der Waals surface area (Å²) in [6.45, 7) is 8.55. The molecular weight excluding hydrogens is 373 g/mol. The highest BCUT2D eigenvalue weighted by atomic mass is 32.2. The molecule has 3 rings (SSSR count). The molecule has 0 aliphatic heterocycles. The van der Waals surface area contributed by atoms with Crippen molar-refractivity contribution in [3.05, 3.63) is 64.6 Å². The molecule has 0 spiro atoms. The SMILES string of the molecule is CC[C@@H](Cn1cc(C#N)c2cc(F)ccc21)NS(=O)c1c(C)cc(C)cc1C. The number of aryl methyl sites for hydroxylation is 3. The first-order valence-electron chi connectivity index (χ1n) is 9.28. The van der Waals surface area contributed by atoms with Crippen LogP contribution in [0.2, 0.25) is 0 Å². The van der Waals surface area contributed by atoms with Crippen molar-refractivity contribution in [2.75, 3.05) is 0 Å². The van der Waals surface area contributed by atoms with Crippen molar-refractivity contribution in [2.45, 2.75) is 51.6 Å². The average Bonchev–Trinajstić information content (AvgIpc) is 2.96. The van der Waals surface area contributed by atoms with E-state index in [4.69, 9.17) is 0 Å². The highest BCUT2D eigenvalue weighted by molar-refractivity contribution is 7.83. The molecule has 0 fully saturated rings. The number of benzene rings is 2. The van der Waals surface area contributed by atoms with Gasteiger partial charge in [0.2, 0.25) is 0 Å². The Morgan fingerprint density at radius 2 is 1.89 bits per heavy atom. The summed E-state index contributed by atoms with van der Waals surface area (Å²) in [5.41, 5.74) is 4.40. The van der Waals surface area contributed by atoms with E-state index in [0.29, 0.717) is 17.5 Å². The van der Waals surface area contributed by atoms with E-state index in [9.17, 15) is 13.9 Å². The molecular formula is C22H24FN3OS. The van der Waals surface area contributed by atoms with Crippen LogP contribution >= 0.6 is 0 Å². The lowest BCUT2D eigenvalue weighted by Crippen LogP contribution is -2.34. The number of rotatable bonds is 6. The van der Waals surface area contributed by atoms with E-state index in [-0.39, 0.29) is 11.9 Å². The van der Waals surface area contributed by atoms with E-state index in [1.807, 2.05) is 44.4 Å². The molecule has 1 heterocycles. The van der Waals surface area contributed by atoms with E-state index in [2.05, 4.69) is 10.8 Å². The number of nitrogens with zero attached hydrogens (tertiary/aromatic N) is 2. The number of aromatic nitrogens is 1. The molecule has 0 aliphatic carbocycles. The molecule has 0 aliphatic rings. The molecule has 1 aromatic heterocycles. The first-order chi connectivity index (χ1) is 13.3. The molecule has 6 heteroatoms.